The number of hydrogen-bond donors (Lipinski definition) is 0. The van der Waals surface area contributed by atoms with E-state index in [0.29, 0.717) is 0 Å². The first-order chi connectivity index (χ1) is 7.86. The molecule has 0 unspecified atom stereocenters. The van der Waals surface area contributed by atoms with Gasteiger partial charge in [-0.15, -0.1) is 0 Å². The van der Waals surface area contributed by atoms with Gasteiger partial charge in [0.15, 0.2) is 0 Å². The van der Waals surface area contributed by atoms with Crippen LogP contribution in [0.25, 0.3) is 0 Å². The van der Waals surface area contributed by atoms with Gasteiger partial charge in [-0.3, -0.25) is 0 Å². The first-order valence-electron chi connectivity index (χ1n) is 6.40. The molecule has 3 rings (SSSR count). The highest BCUT2D eigenvalue weighted by molar-refractivity contribution is 9.10. The van der Waals surface area contributed by atoms with Crippen molar-refractivity contribution in [3.63, 3.8) is 0 Å². The van der Waals surface area contributed by atoms with Crippen molar-refractivity contribution in [1.29, 1.82) is 0 Å². The number of rotatable bonds is 1. The number of benzene rings is 1. The van der Waals surface area contributed by atoms with Gasteiger partial charge in [0.25, 0.3) is 0 Å². The minimum absolute atomic E-state index is 0.810. The van der Waals surface area contributed by atoms with Gasteiger partial charge in [-0.25, -0.2) is 0 Å². The number of fused-ring (bicyclic) bond motifs is 1. The number of nitrogens with zero attached hydrogens (tertiary/aromatic N) is 1. The molecular weight excluding hydrogens is 262 g/mol. The molecule has 0 aromatic heterocycles. The van der Waals surface area contributed by atoms with Crippen LogP contribution >= 0.6 is 15.9 Å². The molecule has 0 amide bonds. The van der Waals surface area contributed by atoms with E-state index in [4.69, 9.17) is 0 Å². The lowest BCUT2D eigenvalue weighted by Gasteiger charge is -2.33. The van der Waals surface area contributed by atoms with Crippen molar-refractivity contribution >= 4 is 21.6 Å². The summed E-state index contributed by atoms with van der Waals surface area (Å²) < 4.78 is 1.29. The Labute approximate surface area is 106 Å². The Hall–Kier alpha value is -0.500. The molecule has 1 heterocycles. The summed E-state index contributed by atoms with van der Waals surface area (Å²) in [4.78, 5) is 2.65. The minimum atomic E-state index is 0.810. The van der Waals surface area contributed by atoms with Gasteiger partial charge in [-0.2, -0.15) is 0 Å². The normalized spacial score (nSPS) is 21.2. The fraction of sp³-hybridized carbons (Fsp3) is 0.571. The standard InChI is InChI=1S/C14H18BrN/c15-13-7-4-8-14-12(13)9-10-16(14)11-5-2-1-3-6-11/h4,7-8,11H,1-3,5-6,9-10H2. The largest absolute Gasteiger partial charge is 0.368 e. The maximum Gasteiger partial charge on any atom is 0.0413 e. The topological polar surface area (TPSA) is 3.24 Å². The second-order valence-corrected chi connectivity index (χ2v) is 5.83. The van der Waals surface area contributed by atoms with Crippen LogP contribution in [0.4, 0.5) is 5.69 Å². The first-order valence-corrected chi connectivity index (χ1v) is 7.19. The van der Waals surface area contributed by atoms with Crippen LogP contribution in [-0.4, -0.2) is 12.6 Å². The Morgan fingerprint density at radius 2 is 1.94 bits per heavy atom. The molecule has 0 spiro atoms. The van der Waals surface area contributed by atoms with Crippen LogP contribution in [0.15, 0.2) is 22.7 Å². The van der Waals surface area contributed by atoms with E-state index in [0.717, 1.165) is 6.04 Å². The summed E-state index contributed by atoms with van der Waals surface area (Å²) in [5.74, 6) is 0. The molecule has 1 nitrogen and oxygen atoms in total. The van der Waals surface area contributed by atoms with E-state index in [1.165, 1.54) is 60.8 Å². The van der Waals surface area contributed by atoms with Crippen molar-refractivity contribution < 1.29 is 0 Å². The second kappa shape index (κ2) is 4.40. The lowest BCUT2D eigenvalue weighted by molar-refractivity contribution is 0.420. The van der Waals surface area contributed by atoms with E-state index >= 15 is 0 Å². The van der Waals surface area contributed by atoms with Gasteiger partial charge in [0.1, 0.15) is 0 Å². The van der Waals surface area contributed by atoms with Crippen molar-refractivity contribution in [3.8, 4) is 0 Å². The van der Waals surface area contributed by atoms with Crippen molar-refractivity contribution in [2.45, 2.75) is 44.6 Å². The zero-order valence-electron chi connectivity index (χ0n) is 9.58. The Morgan fingerprint density at radius 1 is 1.12 bits per heavy atom. The molecule has 1 fully saturated rings. The van der Waals surface area contributed by atoms with E-state index in [2.05, 4.69) is 39.0 Å². The van der Waals surface area contributed by atoms with Gasteiger partial charge in [0.05, 0.1) is 0 Å². The number of halogens is 1. The fourth-order valence-electron chi connectivity index (χ4n) is 3.19. The van der Waals surface area contributed by atoms with Crippen molar-refractivity contribution in [1.82, 2.24) is 0 Å². The molecular formula is C14H18BrN. The zero-order chi connectivity index (χ0) is 11.0. The monoisotopic (exact) mass is 279 g/mol. The second-order valence-electron chi connectivity index (χ2n) is 4.97. The highest BCUT2D eigenvalue weighted by atomic mass is 79.9. The summed E-state index contributed by atoms with van der Waals surface area (Å²) in [5, 5.41) is 0. The molecule has 0 radical (unpaired) electrons. The maximum absolute atomic E-state index is 3.67. The average molecular weight is 280 g/mol. The molecule has 0 N–H and O–H groups in total. The lowest BCUT2D eigenvalue weighted by Crippen LogP contribution is -2.35. The molecule has 2 heteroatoms. The fourth-order valence-corrected chi connectivity index (χ4v) is 3.74. The molecule has 0 bridgehead atoms. The van der Waals surface area contributed by atoms with Crippen LogP contribution in [0.2, 0.25) is 0 Å². The van der Waals surface area contributed by atoms with Crippen LogP contribution in [0.3, 0.4) is 0 Å². The van der Waals surface area contributed by atoms with Crippen molar-refractivity contribution in [2.75, 3.05) is 11.4 Å². The third-order valence-corrected chi connectivity index (χ3v) is 4.76. The van der Waals surface area contributed by atoms with Crippen molar-refractivity contribution in [2.24, 2.45) is 0 Å². The van der Waals surface area contributed by atoms with E-state index < -0.39 is 0 Å². The predicted octanol–water partition coefficient (Wildman–Crippen LogP) is 4.14. The highest BCUT2D eigenvalue weighted by Gasteiger charge is 2.27. The van der Waals surface area contributed by atoms with Crippen LogP contribution in [0.1, 0.15) is 37.7 Å². The van der Waals surface area contributed by atoms with Crippen LogP contribution in [-0.2, 0) is 6.42 Å². The van der Waals surface area contributed by atoms with Gasteiger partial charge in [-0.1, -0.05) is 41.3 Å². The molecule has 86 valence electrons. The van der Waals surface area contributed by atoms with Crippen LogP contribution < -0.4 is 4.90 Å². The molecule has 16 heavy (non-hydrogen) atoms. The number of anilines is 1. The third kappa shape index (κ3) is 1.77. The maximum atomic E-state index is 3.67. The Morgan fingerprint density at radius 3 is 2.75 bits per heavy atom. The van der Waals surface area contributed by atoms with E-state index in [1.54, 1.807) is 0 Å². The van der Waals surface area contributed by atoms with Crippen molar-refractivity contribution in [3.05, 3.63) is 28.2 Å². The smallest absolute Gasteiger partial charge is 0.0413 e. The molecule has 2 aliphatic rings. The zero-order valence-corrected chi connectivity index (χ0v) is 11.2. The molecule has 1 aromatic rings. The molecule has 0 atom stereocenters. The molecule has 1 aliphatic carbocycles. The highest BCUT2D eigenvalue weighted by Crippen LogP contribution is 2.37. The summed E-state index contributed by atoms with van der Waals surface area (Å²) in [5.41, 5.74) is 3.01. The summed E-state index contributed by atoms with van der Waals surface area (Å²) in [6.07, 6.45) is 8.29. The van der Waals surface area contributed by atoms with E-state index in [1.807, 2.05) is 0 Å². The molecule has 1 aromatic carbocycles. The summed E-state index contributed by atoms with van der Waals surface area (Å²) in [7, 11) is 0. The average Bonchev–Trinajstić information content (AvgIpc) is 2.75. The number of hydrogen-bond acceptors (Lipinski definition) is 1. The summed E-state index contributed by atoms with van der Waals surface area (Å²) >= 11 is 3.67. The van der Waals surface area contributed by atoms with Gasteiger partial charge < -0.3 is 4.90 Å². The Bertz CT molecular complexity index is 382. The van der Waals surface area contributed by atoms with E-state index in [-0.39, 0.29) is 0 Å². The predicted molar refractivity (Wildman–Crippen MR) is 72.1 cm³/mol. The Balaban J connectivity index is 1.87. The molecule has 1 saturated carbocycles. The lowest BCUT2D eigenvalue weighted by atomic mass is 9.94. The quantitative estimate of drug-likeness (QED) is 0.747. The first kappa shape index (κ1) is 10.6. The van der Waals surface area contributed by atoms with Gasteiger partial charge in [-0.05, 0) is 37.0 Å². The molecule has 0 saturated heterocycles. The van der Waals surface area contributed by atoms with Crippen LogP contribution in [0, 0.1) is 0 Å². The van der Waals surface area contributed by atoms with Gasteiger partial charge in [0, 0.05) is 22.7 Å². The summed E-state index contributed by atoms with van der Waals surface area (Å²) in [6, 6.07) is 7.44. The molecule has 1 aliphatic heterocycles. The Kier molecular flexibility index (Phi) is 2.93. The SMILES string of the molecule is Brc1cccc2c1CCN2C1CCCCC1. The van der Waals surface area contributed by atoms with Crippen LogP contribution in [0.5, 0.6) is 0 Å². The minimum Gasteiger partial charge on any atom is -0.368 e. The third-order valence-electron chi connectivity index (χ3n) is 4.02. The van der Waals surface area contributed by atoms with E-state index in [9.17, 15) is 0 Å². The van der Waals surface area contributed by atoms with Gasteiger partial charge >= 0.3 is 0 Å². The van der Waals surface area contributed by atoms with Gasteiger partial charge in [0.2, 0.25) is 0 Å². The summed E-state index contributed by atoms with van der Waals surface area (Å²) in [6.45, 7) is 1.22.